The van der Waals surface area contributed by atoms with E-state index in [1.807, 2.05) is 24.0 Å². The molecule has 2 rings (SSSR count). The Morgan fingerprint density at radius 3 is 3.12 bits per heavy atom. The molecule has 0 saturated heterocycles. The van der Waals surface area contributed by atoms with Crippen LogP contribution in [0.5, 0.6) is 0 Å². The Kier molecular flexibility index (Phi) is 3.61. The lowest BCUT2D eigenvalue weighted by atomic mass is 9.85. The van der Waals surface area contributed by atoms with Gasteiger partial charge in [-0.1, -0.05) is 13.0 Å². The molecule has 1 saturated carbocycles. The van der Waals surface area contributed by atoms with Crippen molar-refractivity contribution in [2.45, 2.75) is 38.8 Å². The molecule has 1 aromatic heterocycles. The van der Waals surface area contributed by atoms with Gasteiger partial charge in [0, 0.05) is 18.3 Å². The van der Waals surface area contributed by atoms with Crippen LogP contribution >= 0.6 is 0 Å². The molecule has 0 radical (unpaired) electrons. The average Bonchev–Trinajstić information content (AvgIpc) is 2.72. The van der Waals surface area contributed by atoms with Gasteiger partial charge in [-0.25, -0.2) is 0 Å². The van der Waals surface area contributed by atoms with E-state index in [4.69, 9.17) is 0 Å². The van der Waals surface area contributed by atoms with E-state index < -0.39 is 0 Å². The van der Waals surface area contributed by atoms with E-state index in [1.54, 1.807) is 0 Å². The summed E-state index contributed by atoms with van der Waals surface area (Å²) < 4.78 is 1.98. The van der Waals surface area contributed by atoms with E-state index in [9.17, 15) is 4.79 Å². The molecule has 4 heteroatoms. The molecule has 1 aliphatic rings. The molecule has 1 N–H and O–H groups in total. The van der Waals surface area contributed by atoms with Gasteiger partial charge in [-0.05, 0) is 31.8 Å². The molecule has 1 amide bonds. The number of hydrogen-bond donors (Lipinski definition) is 1. The predicted molar refractivity (Wildman–Crippen MR) is 66.3 cm³/mol. The highest BCUT2D eigenvalue weighted by molar-refractivity contribution is 5.87. The molecule has 0 bridgehead atoms. The summed E-state index contributed by atoms with van der Waals surface area (Å²) in [5.74, 6) is 0.644. The first-order valence-electron chi connectivity index (χ1n) is 6.14. The molecule has 92 valence electrons. The van der Waals surface area contributed by atoms with Crippen molar-refractivity contribution in [3.05, 3.63) is 30.6 Å². The second kappa shape index (κ2) is 5.17. The van der Waals surface area contributed by atoms with Gasteiger partial charge < -0.3 is 5.32 Å². The molecule has 0 aromatic carbocycles. The van der Waals surface area contributed by atoms with E-state index in [2.05, 4.69) is 17.0 Å². The van der Waals surface area contributed by atoms with Gasteiger partial charge in [0.2, 0.25) is 5.91 Å². The van der Waals surface area contributed by atoms with E-state index in [0.29, 0.717) is 0 Å². The summed E-state index contributed by atoms with van der Waals surface area (Å²) in [5, 5.41) is 7.16. The van der Waals surface area contributed by atoms with Gasteiger partial charge in [0.05, 0.1) is 12.2 Å². The summed E-state index contributed by atoms with van der Waals surface area (Å²) in [6.45, 7) is 6.39. The molecule has 1 atom stereocenters. The lowest BCUT2D eigenvalue weighted by Gasteiger charge is -2.24. The molecule has 1 aliphatic carbocycles. The number of carbonyl (C=O) groups excluding carboxylic acids is 1. The number of rotatable bonds is 5. The van der Waals surface area contributed by atoms with Crippen molar-refractivity contribution in [1.82, 2.24) is 15.1 Å². The van der Waals surface area contributed by atoms with Crippen LogP contribution in [0, 0.1) is 5.92 Å². The lowest BCUT2D eigenvalue weighted by molar-refractivity contribution is -0.117. The summed E-state index contributed by atoms with van der Waals surface area (Å²) in [6.07, 6.45) is 9.12. The highest BCUT2D eigenvalue weighted by Gasteiger charge is 2.18. The summed E-state index contributed by atoms with van der Waals surface area (Å²) in [7, 11) is 0. The number of aromatic nitrogens is 2. The van der Waals surface area contributed by atoms with Crippen molar-refractivity contribution in [2.24, 2.45) is 5.92 Å². The molecule has 1 unspecified atom stereocenters. The van der Waals surface area contributed by atoms with Crippen LogP contribution < -0.4 is 5.32 Å². The summed E-state index contributed by atoms with van der Waals surface area (Å²) in [6, 6.07) is -0.0179. The molecular weight excluding hydrogens is 214 g/mol. The average molecular weight is 233 g/mol. The second-order valence-electron chi connectivity index (χ2n) is 4.73. The van der Waals surface area contributed by atoms with E-state index in [0.717, 1.165) is 18.0 Å². The standard InChI is InChI=1S/C13H19N3O/c1-3-13(17)15-10(2)12-7-14-16(9-12)8-11-5-4-6-11/h3,7,9-11H,1,4-6,8H2,2H3,(H,15,17). The smallest absolute Gasteiger partial charge is 0.243 e. The van der Waals surface area contributed by atoms with Gasteiger partial charge in [0.1, 0.15) is 0 Å². The Bertz CT molecular complexity index is 407. The molecule has 1 fully saturated rings. The predicted octanol–water partition coefficient (Wildman–Crippen LogP) is 2.05. The third kappa shape index (κ3) is 2.96. The zero-order chi connectivity index (χ0) is 12.3. The van der Waals surface area contributed by atoms with Crippen LogP contribution in [0.2, 0.25) is 0 Å². The first-order valence-corrected chi connectivity index (χ1v) is 6.14. The van der Waals surface area contributed by atoms with Crippen LogP contribution in [-0.2, 0) is 11.3 Å². The van der Waals surface area contributed by atoms with Gasteiger partial charge in [-0.15, -0.1) is 0 Å². The van der Waals surface area contributed by atoms with Crippen molar-refractivity contribution >= 4 is 5.91 Å². The number of amides is 1. The fourth-order valence-electron chi connectivity index (χ4n) is 2.00. The second-order valence-corrected chi connectivity index (χ2v) is 4.73. The van der Waals surface area contributed by atoms with E-state index in [-0.39, 0.29) is 11.9 Å². The summed E-state index contributed by atoms with van der Waals surface area (Å²) in [4.78, 5) is 11.2. The number of nitrogens with zero attached hydrogens (tertiary/aromatic N) is 2. The minimum absolute atomic E-state index is 0.0179. The van der Waals surface area contributed by atoms with Crippen molar-refractivity contribution in [3.63, 3.8) is 0 Å². The van der Waals surface area contributed by atoms with E-state index >= 15 is 0 Å². The molecular formula is C13H19N3O. The zero-order valence-corrected chi connectivity index (χ0v) is 10.2. The maximum absolute atomic E-state index is 11.2. The summed E-state index contributed by atoms with van der Waals surface area (Å²) >= 11 is 0. The third-order valence-electron chi connectivity index (χ3n) is 3.37. The van der Waals surface area contributed by atoms with Crippen LogP contribution in [0.1, 0.15) is 37.8 Å². The zero-order valence-electron chi connectivity index (χ0n) is 10.2. The third-order valence-corrected chi connectivity index (χ3v) is 3.37. The summed E-state index contributed by atoms with van der Waals surface area (Å²) in [5.41, 5.74) is 1.04. The van der Waals surface area contributed by atoms with Crippen molar-refractivity contribution in [2.75, 3.05) is 0 Å². The van der Waals surface area contributed by atoms with Crippen LogP contribution in [-0.4, -0.2) is 15.7 Å². The van der Waals surface area contributed by atoms with Crippen LogP contribution in [0.4, 0.5) is 0 Å². The lowest BCUT2D eigenvalue weighted by Crippen LogP contribution is -2.24. The number of carbonyl (C=O) groups is 1. The fourth-order valence-corrected chi connectivity index (χ4v) is 2.00. The van der Waals surface area contributed by atoms with Gasteiger partial charge in [-0.2, -0.15) is 5.10 Å². The topological polar surface area (TPSA) is 46.9 Å². The van der Waals surface area contributed by atoms with Gasteiger partial charge in [-0.3, -0.25) is 9.48 Å². The number of hydrogen-bond acceptors (Lipinski definition) is 2. The van der Waals surface area contributed by atoms with Crippen molar-refractivity contribution < 1.29 is 4.79 Å². The van der Waals surface area contributed by atoms with Crippen LogP contribution in [0.3, 0.4) is 0 Å². The Morgan fingerprint density at radius 2 is 2.53 bits per heavy atom. The normalized spacial score (nSPS) is 17.2. The molecule has 1 heterocycles. The monoisotopic (exact) mass is 233 g/mol. The van der Waals surface area contributed by atoms with E-state index in [1.165, 1.54) is 25.3 Å². The molecule has 1 aromatic rings. The van der Waals surface area contributed by atoms with Gasteiger partial charge in [0.15, 0.2) is 0 Å². The first kappa shape index (κ1) is 11.9. The molecule has 17 heavy (non-hydrogen) atoms. The maximum atomic E-state index is 11.2. The molecule has 0 spiro atoms. The van der Waals surface area contributed by atoms with Gasteiger partial charge >= 0.3 is 0 Å². The fraction of sp³-hybridized carbons (Fsp3) is 0.538. The largest absolute Gasteiger partial charge is 0.346 e. The highest BCUT2D eigenvalue weighted by atomic mass is 16.1. The van der Waals surface area contributed by atoms with Crippen molar-refractivity contribution in [1.29, 1.82) is 0 Å². The quantitative estimate of drug-likeness (QED) is 0.791. The first-order chi connectivity index (χ1) is 8.19. The Hall–Kier alpha value is -1.58. The van der Waals surface area contributed by atoms with Crippen molar-refractivity contribution in [3.8, 4) is 0 Å². The highest BCUT2D eigenvalue weighted by Crippen LogP contribution is 2.27. The Labute approximate surface area is 102 Å². The Morgan fingerprint density at radius 1 is 1.76 bits per heavy atom. The maximum Gasteiger partial charge on any atom is 0.243 e. The Balaban J connectivity index is 1.91. The van der Waals surface area contributed by atoms with Gasteiger partial charge in [0.25, 0.3) is 0 Å². The van der Waals surface area contributed by atoms with Crippen LogP contribution in [0.15, 0.2) is 25.0 Å². The molecule has 0 aliphatic heterocycles. The van der Waals surface area contributed by atoms with Crippen LogP contribution in [0.25, 0.3) is 0 Å². The minimum atomic E-state index is -0.149. The minimum Gasteiger partial charge on any atom is -0.346 e. The SMILES string of the molecule is C=CC(=O)NC(C)c1cnn(CC2CCC2)c1. The molecule has 4 nitrogen and oxygen atoms in total. The number of nitrogens with one attached hydrogen (secondary N) is 1.